The van der Waals surface area contributed by atoms with Crippen molar-refractivity contribution in [2.75, 3.05) is 32.0 Å². The number of nitriles is 1. The zero-order valence-electron chi connectivity index (χ0n) is 17.3. The van der Waals surface area contributed by atoms with Crippen molar-refractivity contribution in [2.45, 2.75) is 17.8 Å². The van der Waals surface area contributed by atoms with E-state index in [-0.39, 0.29) is 10.9 Å². The summed E-state index contributed by atoms with van der Waals surface area (Å²) in [4.78, 5) is 4.30. The van der Waals surface area contributed by atoms with Crippen molar-refractivity contribution in [3.8, 4) is 17.2 Å². The summed E-state index contributed by atoms with van der Waals surface area (Å²) in [6.45, 7) is 2.55. The maximum absolute atomic E-state index is 13.8. The van der Waals surface area contributed by atoms with Crippen molar-refractivity contribution in [1.82, 2.24) is 14.6 Å². The molecular formula is C23H26FN6S+. The maximum atomic E-state index is 13.8. The van der Waals surface area contributed by atoms with E-state index in [1.807, 2.05) is 25.4 Å². The molecule has 2 atom stereocenters. The number of benzene rings is 2. The van der Waals surface area contributed by atoms with Gasteiger partial charge < -0.3 is 11.1 Å². The van der Waals surface area contributed by atoms with Gasteiger partial charge in [-0.25, -0.2) is 4.39 Å². The van der Waals surface area contributed by atoms with Crippen LogP contribution in [-0.2, 0) is 11.9 Å². The van der Waals surface area contributed by atoms with E-state index in [4.69, 9.17) is 5.73 Å². The first-order valence-electron chi connectivity index (χ1n) is 10.3. The van der Waals surface area contributed by atoms with Gasteiger partial charge in [0.1, 0.15) is 11.9 Å². The number of hydrogen-bond acceptors (Lipinski definition) is 6. The smallest absolute Gasteiger partial charge is 0.198 e. The first-order valence-corrected chi connectivity index (χ1v) is 11.2. The Morgan fingerprint density at radius 3 is 2.97 bits per heavy atom. The van der Waals surface area contributed by atoms with Crippen LogP contribution < -0.4 is 16.4 Å². The van der Waals surface area contributed by atoms with Gasteiger partial charge >= 0.3 is 0 Å². The van der Waals surface area contributed by atoms with E-state index in [1.165, 1.54) is 18.0 Å². The lowest BCUT2D eigenvalue weighted by Crippen LogP contribution is -2.41. The van der Waals surface area contributed by atoms with E-state index in [0.29, 0.717) is 12.6 Å². The van der Waals surface area contributed by atoms with E-state index < -0.39 is 5.82 Å². The summed E-state index contributed by atoms with van der Waals surface area (Å²) in [7, 11) is 1.94. The van der Waals surface area contributed by atoms with Gasteiger partial charge in [-0.1, -0.05) is 6.07 Å². The van der Waals surface area contributed by atoms with Crippen molar-refractivity contribution in [3.05, 3.63) is 60.2 Å². The molecule has 160 valence electrons. The summed E-state index contributed by atoms with van der Waals surface area (Å²) in [6.07, 6.45) is 4.67. The molecule has 0 amide bonds. The predicted octanol–water partition coefficient (Wildman–Crippen LogP) is 2.63. The molecular weight excluding hydrogens is 411 g/mol. The second-order valence-electron chi connectivity index (χ2n) is 7.63. The van der Waals surface area contributed by atoms with Crippen LogP contribution in [0.3, 0.4) is 0 Å². The summed E-state index contributed by atoms with van der Waals surface area (Å²) in [5.41, 5.74) is 8.61. The molecule has 2 unspecified atom stereocenters. The largest absolute Gasteiger partial charge is 0.380 e. The highest BCUT2D eigenvalue weighted by Crippen LogP contribution is 2.32. The number of halogens is 1. The standard InChI is InChI=1S/C23H25FN6S/c1-27-23(12-26)31-30-7-5-19(14-30)29-22-10-17(9-16-4-6-28-13-20(16)22)15-2-3-21(24)18(8-15)11-25/h2-4,6,8-10,13,19,23,27,29H,5,7,12,14,26H2,1H3/p+1. The molecule has 1 aromatic heterocycles. The van der Waals surface area contributed by atoms with Gasteiger partial charge in [-0.15, -0.1) is 4.31 Å². The van der Waals surface area contributed by atoms with E-state index in [9.17, 15) is 9.65 Å². The van der Waals surface area contributed by atoms with Gasteiger partial charge in [0.05, 0.1) is 30.6 Å². The molecule has 31 heavy (non-hydrogen) atoms. The molecule has 8 heteroatoms. The van der Waals surface area contributed by atoms with Gasteiger partial charge in [-0.2, -0.15) is 5.26 Å². The molecule has 2 aromatic carbocycles. The van der Waals surface area contributed by atoms with E-state index in [1.54, 1.807) is 18.3 Å². The fourth-order valence-corrected chi connectivity index (χ4v) is 5.01. The normalized spacial score (nSPS) is 17.5. The Bertz CT molecular complexity index is 1110. The summed E-state index contributed by atoms with van der Waals surface area (Å²) < 4.78 is 16.2. The number of hydrogen-bond donors (Lipinski definition) is 3. The Kier molecular flexibility index (Phi) is 6.68. The van der Waals surface area contributed by atoms with E-state index >= 15 is 0 Å². The van der Waals surface area contributed by atoms with Crippen LogP contribution in [-0.4, -0.2) is 47.4 Å². The monoisotopic (exact) mass is 437 g/mol. The van der Waals surface area contributed by atoms with Crippen LogP contribution in [0.15, 0.2) is 48.8 Å². The van der Waals surface area contributed by atoms with Crippen molar-refractivity contribution in [3.63, 3.8) is 0 Å². The van der Waals surface area contributed by atoms with Crippen molar-refractivity contribution in [2.24, 2.45) is 5.73 Å². The van der Waals surface area contributed by atoms with Crippen molar-refractivity contribution >= 4 is 28.4 Å². The number of aromatic nitrogens is 1. The number of nitrogens with zero attached hydrogens (tertiary/aromatic N) is 3. The van der Waals surface area contributed by atoms with Gasteiger partial charge in [0.2, 0.25) is 0 Å². The van der Waals surface area contributed by atoms with Gasteiger partial charge in [0.15, 0.2) is 5.37 Å². The predicted molar refractivity (Wildman–Crippen MR) is 126 cm³/mol. The molecule has 4 rings (SSSR count). The highest BCUT2D eigenvalue weighted by atomic mass is 32.2. The highest BCUT2D eigenvalue weighted by Gasteiger charge is 2.30. The van der Waals surface area contributed by atoms with Crippen LogP contribution in [0.5, 0.6) is 0 Å². The van der Waals surface area contributed by atoms with E-state index in [0.717, 1.165) is 47.1 Å². The number of anilines is 1. The number of nitrogens with two attached hydrogens (primary N) is 1. The fourth-order valence-electron chi connectivity index (χ4n) is 3.88. The Balaban J connectivity index is 1.61. The van der Waals surface area contributed by atoms with Crippen LogP contribution in [0.4, 0.5) is 10.1 Å². The van der Waals surface area contributed by atoms with Crippen LogP contribution in [0, 0.1) is 17.1 Å². The lowest BCUT2D eigenvalue weighted by atomic mass is 9.99. The molecule has 1 saturated heterocycles. The first-order chi connectivity index (χ1) is 15.1. The molecule has 1 aliphatic heterocycles. The van der Waals surface area contributed by atoms with E-state index in [2.05, 4.69) is 32.1 Å². The number of pyridine rings is 1. The molecule has 0 saturated carbocycles. The molecule has 4 N–H and O–H groups in total. The quantitative estimate of drug-likeness (QED) is 0.389. The van der Waals surface area contributed by atoms with Gasteiger partial charge in [-0.05, 0) is 60.3 Å². The average molecular weight is 438 g/mol. The third-order valence-electron chi connectivity index (χ3n) is 5.56. The second kappa shape index (κ2) is 9.62. The number of nitrogens with one attached hydrogen (secondary N) is 2. The molecule has 1 fully saturated rings. The third kappa shape index (κ3) is 4.81. The Labute approximate surface area is 185 Å². The third-order valence-corrected chi connectivity index (χ3v) is 7.00. The lowest BCUT2D eigenvalue weighted by molar-refractivity contribution is 0.561. The molecule has 0 aliphatic carbocycles. The highest BCUT2D eigenvalue weighted by molar-refractivity contribution is 7.76. The first kappa shape index (κ1) is 21.5. The Morgan fingerprint density at radius 1 is 1.32 bits per heavy atom. The zero-order valence-corrected chi connectivity index (χ0v) is 18.2. The molecule has 0 spiro atoms. The molecule has 2 heterocycles. The molecule has 3 aromatic rings. The summed E-state index contributed by atoms with van der Waals surface area (Å²) in [5.74, 6) is -0.503. The SMILES string of the molecule is CNC(CN)[SH+]N1CCC(Nc2cc(-c3ccc(F)c(C#N)c3)cc3ccncc23)C1. The minimum atomic E-state index is -0.503. The summed E-state index contributed by atoms with van der Waals surface area (Å²) >= 11 is 1.21. The molecule has 1 aliphatic rings. The number of fused-ring (bicyclic) bond motifs is 1. The maximum Gasteiger partial charge on any atom is 0.198 e. The Hall–Kier alpha value is -2.70. The zero-order chi connectivity index (χ0) is 21.8. The van der Waals surface area contributed by atoms with Crippen LogP contribution >= 0.6 is 0 Å². The summed E-state index contributed by atoms with van der Waals surface area (Å²) in [6, 6.07) is 13.0. The average Bonchev–Trinajstić information content (AvgIpc) is 3.24. The second-order valence-corrected chi connectivity index (χ2v) is 9.05. The van der Waals surface area contributed by atoms with Crippen LogP contribution in [0.1, 0.15) is 12.0 Å². The lowest BCUT2D eigenvalue weighted by Gasteiger charge is -2.18. The molecule has 6 nitrogen and oxygen atoms in total. The minimum absolute atomic E-state index is 0.0475. The van der Waals surface area contributed by atoms with Crippen LogP contribution in [0.25, 0.3) is 21.9 Å². The van der Waals surface area contributed by atoms with Crippen molar-refractivity contribution in [1.29, 1.82) is 5.26 Å². The van der Waals surface area contributed by atoms with Gasteiger partial charge in [-0.3, -0.25) is 10.3 Å². The summed E-state index contributed by atoms with van der Waals surface area (Å²) in [5, 5.41) is 18.5. The van der Waals surface area contributed by atoms with Crippen LogP contribution in [0.2, 0.25) is 0 Å². The topological polar surface area (TPSA) is 90.0 Å². The Morgan fingerprint density at radius 2 is 2.19 bits per heavy atom. The fraction of sp³-hybridized carbons (Fsp3) is 0.304. The number of likely N-dealkylation sites (N-methyl/N-ethyl adjacent to an activating group) is 1. The molecule has 0 radical (unpaired) electrons. The van der Waals surface area contributed by atoms with Crippen molar-refractivity contribution < 1.29 is 4.39 Å². The number of thiol groups is 1. The van der Waals surface area contributed by atoms with Gasteiger partial charge in [0, 0.05) is 36.1 Å². The number of rotatable bonds is 7. The molecule has 0 bridgehead atoms. The minimum Gasteiger partial charge on any atom is -0.380 e. The van der Waals surface area contributed by atoms with Gasteiger partial charge in [0.25, 0.3) is 0 Å².